The van der Waals surface area contributed by atoms with Gasteiger partial charge < -0.3 is 0 Å². The Hall–Kier alpha value is -1.56. The third-order valence-corrected chi connectivity index (χ3v) is 11.4. The standard InChI is InChI=1S/C52H88N2.Pd/c1-5-9-13-17-20-22-24-26-28-31-35-47-39-43-49(44-40-47)53-51(37-33-16-12-8-4)52(38-34-30-19-15-11-7-3)54-50-45-41-48(42-46-50)36-32-29-27-25-23-21-18-14-10-6-2;/h39-46H,5-38H2,1-4H3;. The van der Waals surface area contributed by atoms with Crippen LogP contribution in [0.4, 0.5) is 11.4 Å². The van der Waals surface area contributed by atoms with E-state index in [9.17, 15) is 0 Å². The summed E-state index contributed by atoms with van der Waals surface area (Å²) in [6.45, 7) is 9.21. The van der Waals surface area contributed by atoms with Gasteiger partial charge in [-0.05, 0) is 86.8 Å². The van der Waals surface area contributed by atoms with Gasteiger partial charge in [0.1, 0.15) is 0 Å². The molecule has 0 saturated carbocycles. The second kappa shape index (κ2) is 38.0. The molecule has 0 heterocycles. The van der Waals surface area contributed by atoms with Gasteiger partial charge in [0.15, 0.2) is 0 Å². The number of hydrogen-bond acceptors (Lipinski definition) is 2. The van der Waals surface area contributed by atoms with Crippen LogP contribution in [0.3, 0.4) is 0 Å². The number of aliphatic imine (C=N–C) groups is 2. The van der Waals surface area contributed by atoms with Gasteiger partial charge in [0.2, 0.25) is 0 Å². The Morgan fingerprint density at radius 1 is 0.309 bits per heavy atom. The molecule has 55 heavy (non-hydrogen) atoms. The zero-order valence-electron chi connectivity index (χ0n) is 36.9. The van der Waals surface area contributed by atoms with Gasteiger partial charge in [0, 0.05) is 20.4 Å². The van der Waals surface area contributed by atoms with E-state index < -0.39 is 0 Å². The van der Waals surface area contributed by atoms with Crippen LogP contribution in [0.2, 0.25) is 0 Å². The average molecular weight is 848 g/mol. The molecule has 0 aliphatic heterocycles. The van der Waals surface area contributed by atoms with Gasteiger partial charge in [-0.2, -0.15) is 0 Å². The van der Waals surface area contributed by atoms with Gasteiger partial charge in [-0.25, -0.2) is 0 Å². The Morgan fingerprint density at radius 3 is 0.836 bits per heavy atom. The van der Waals surface area contributed by atoms with Crippen LogP contribution in [-0.4, -0.2) is 11.4 Å². The molecule has 0 radical (unpaired) electrons. The monoisotopic (exact) mass is 847 g/mol. The van der Waals surface area contributed by atoms with Crippen molar-refractivity contribution in [3.8, 4) is 0 Å². The summed E-state index contributed by atoms with van der Waals surface area (Å²) in [6.07, 6.45) is 45.1. The van der Waals surface area contributed by atoms with Crippen molar-refractivity contribution in [1.82, 2.24) is 0 Å². The molecule has 0 atom stereocenters. The van der Waals surface area contributed by atoms with Crippen molar-refractivity contribution in [3.63, 3.8) is 0 Å². The van der Waals surface area contributed by atoms with Crippen LogP contribution in [0.15, 0.2) is 58.5 Å². The Balaban J connectivity index is 0.0000151. The van der Waals surface area contributed by atoms with Gasteiger partial charge in [0.05, 0.1) is 22.8 Å². The van der Waals surface area contributed by atoms with Crippen LogP contribution < -0.4 is 0 Å². The molecule has 0 fully saturated rings. The van der Waals surface area contributed by atoms with Crippen LogP contribution in [0.25, 0.3) is 0 Å². The molecule has 0 unspecified atom stereocenters. The van der Waals surface area contributed by atoms with Crippen molar-refractivity contribution in [1.29, 1.82) is 0 Å². The first-order valence-corrected chi connectivity index (χ1v) is 24.0. The fourth-order valence-electron chi connectivity index (χ4n) is 7.74. The maximum atomic E-state index is 5.38. The van der Waals surface area contributed by atoms with E-state index in [2.05, 4.69) is 76.2 Å². The van der Waals surface area contributed by atoms with E-state index >= 15 is 0 Å². The number of aryl methyl sites for hydroxylation is 2. The summed E-state index contributed by atoms with van der Waals surface area (Å²) in [6, 6.07) is 18.4. The molecule has 0 amide bonds. The van der Waals surface area contributed by atoms with E-state index in [1.54, 1.807) is 0 Å². The first kappa shape index (κ1) is 51.5. The minimum Gasteiger partial charge on any atom is -0.252 e. The van der Waals surface area contributed by atoms with E-state index in [0.29, 0.717) is 0 Å². The fraction of sp³-hybridized carbons (Fsp3) is 0.731. The quantitative estimate of drug-likeness (QED) is 0.0368. The van der Waals surface area contributed by atoms with Crippen molar-refractivity contribution in [2.75, 3.05) is 0 Å². The molecule has 0 aliphatic rings. The van der Waals surface area contributed by atoms with Crippen molar-refractivity contribution < 1.29 is 20.4 Å². The van der Waals surface area contributed by atoms with Crippen molar-refractivity contribution in [2.45, 2.75) is 246 Å². The summed E-state index contributed by atoms with van der Waals surface area (Å²) in [4.78, 5) is 10.8. The molecule has 316 valence electrons. The van der Waals surface area contributed by atoms with Gasteiger partial charge in [0.25, 0.3) is 0 Å². The van der Waals surface area contributed by atoms with E-state index in [0.717, 1.165) is 24.2 Å². The van der Waals surface area contributed by atoms with E-state index in [4.69, 9.17) is 9.98 Å². The number of nitrogens with zero attached hydrogens (tertiary/aromatic N) is 2. The zero-order chi connectivity index (χ0) is 38.6. The molecule has 0 bridgehead atoms. The number of benzene rings is 2. The van der Waals surface area contributed by atoms with Crippen LogP contribution in [0.5, 0.6) is 0 Å². The molecule has 0 aliphatic carbocycles. The van der Waals surface area contributed by atoms with E-state index in [1.165, 1.54) is 228 Å². The summed E-state index contributed by atoms with van der Waals surface area (Å²) in [5, 5.41) is 0. The van der Waals surface area contributed by atoms with Gasteiger partial charge >= 0.3 is 0 Å². The number of unbranched alkanes of at least 4 members (excludes halogenated alkanes) is 26. The first-order chi connectivity index (χ1) is 26.7. The third kappa shape index (κ3) is 28.5. The molecule has 2 aromatic carbocycles. The van der Waals surface area contributed by atoms with Crippen LogP contribution in [0.1, 0.15) is 244 Å². The second-order valence-corrected chi connectivity index (χ2v) is 16.6. The topological polar surface area (TPSA) is 24.7 Å². The van der Waals surface area contributed by atoms with Gasteiger partial charge in [-0.15, -0.1) is 0 Å². The summed E-state index contributed by atoms with van der Waals surface area (Å²) in [5.41, 5.74) is 7.54. The fourth-order valence-corrected chi connectivity index (χ4v) is 7.74. The van der Waals surface area contributed by atoms with Crippen molar-refractivity contribution in [3.05, 3.63) is 59.7 Å². The molecular formula is C52H88N2Pd. The first-order valence-electron chi connectivity index (χ1n) is 24.0. The summed E-state index contributed by atoms with van der Waals surface area (Å²) in [7, 11) is 0. The molecular weight excluding hydrogens is 759 g/mol. The summed E-state index contributed by atoms with van der Waals surface area (Å²) in [5.74, 6) is 0. The van der Waals surface area contributed by atoms with E-state index in [1.807, 2.05) is 0 Å². The third-order valence-electron chi connectivity index (χ3n) is 11.4. The molecule has 2 aromatic rings. The van der Waals surface area contributed by atoms with Crippen LogP contribution in [-0.2, 0) is 33.3 Å². The predicted molar refractivity (Wildman–Crippen MR) is 245 cm³/mol. The predicted octanol–water partition coefficient (Wildman–Crippen LogP) is 18.2. The molecule has 2 rings (SSSR count). The molecule has 0 saturated heterocycles. The molecule has 0 aromatic heterocycles. The Morgan fingerprint density at radius 2 is 0.545 bits per heavy atom. The zero-order valence-corrected chi connectivity index (χ0v) is 38.4. The minimum absolute atomic E-state index is 0. The second-order valence-electron chi connectivity index (χ2n) is 16.6. The smallest absolute Gasteiger partial charge is 0.0633 e. The maximum absolute atomic E-state index is 5.38. The largest absolute Gasteiger partial charge is 0.252 e. The average Bonchev–Trinajstić information content (AvgIpc) is 3.19. The molecule has 0 N–H and O–H groups in total. The summed E-state index contributed by atoms with van der Waals surface area (Å²) >= 11 is 0. The van der Waals surface area contributed by atoms with Crippen molar-refractivity contribution >= 4 is 22.8 Å². The summed E-state index contributed by atoms with van der Waals surface area (Å²) < 4.78 is 0. The molecule has 3 heteroatoms. The maximum Gasteiger partial charge on any atom is 0.0633 e. The number of rotatable bonds is 37. The van der Waals surface area contributed by atoms with E-state index in [-0.39, 0.29) is 20.4 Å². The minimum atomic E-state index is 0. The Labute approximate surface area is 357 Å². The van der Waals surface area contributed by atoms with Crippen LogP contribution >= 0.6 is 0 Å². The Bertz CT molecular complexity index is 1170. The van der Waals surface area contributed by atoms with Gasteiger partial charge in [-0.3, -0.25) is 9.98 Å². The molecule has 2 nitrogen and oxygen atoms in total. The van der Waals surface area contributed by atoms with Crippen LogP contribution in [0, 0.1) is 0 Å². The molecule has 0 spiro atoms. The normalized spacial score (nSPS) is 12.0. The van der Waals surface area contributed by atoms with Crippen molar-refractivity contribution in [2.24, 2.45) is 9.98 Å². The van der Waals surface area contributed by atoms with Gasteiger partial charge in [-0.1, -0.05) is 219 Å². The number of hydrogen-bond donors (Lipinski definition) is 0. The Kier molecular flexibility index (Phi) is 35.5. The SMILES string of the molecule is CCCCCCCCCCCCc1ccc(N=C(CCCCCC)C(CCCCCCCC)=Nc2ccc(CCCCCCCCCCCC)cc2)cc1.[Pd].